The number of pyridine rings is 1. The summed E-state index contributed by atoms with van der Waals surface area (Å²) in [5.41, 5.74) is 1.93. The number of carbonyl (C=O) groups is 3. The van der Waals surface area contributed by atoms with Crippen molar-refractivity contribution in [2.75, 3.05) is 13.7 Å². The molecule has 1 amide bonds. The summed E-state index contributed by atoms with van der Waals surface area (Å²) >= 11 is 0. The molecule has 8 heteroatoms. The normalized spacial score (nSPS) is 14.7. The summed E-state index contributed by atoms with van der Waals surface area (Å²) in [5, 5.41) is 2.85. The number of hydrogen-bond donors (Lipinski definition) is 1. The monoisotopic (exact) mass is 530 g/mol. The average Bonchev–Trinajstić information content (AvgIpc) is 2.88. The van der Waals surface area contributed by atoms with Crippen LogP contribution in [0.4, 0.5) is 0 Å². The van der Waals surface area contributed by atoms with Crippen LogP contribution in [0.5, 0.6) is 5.75 Å². The van der Waals surface area contributed by atoms with E-state index in [1.165, 1.54) is 17.7 Å². The van der Waals surface area contributed by atoms with Gasteiger partial charge in [-0.1, -0.05) is 55.8 Å². The molecule has 1 aliphatic carbocycles. The number of carbonyl (C=O) groups excluding carboxylic acids is 3. The first kappa shape index (κ1) is 27.8. The molecule has 0 bridgehead atoms. The van der Waals surface area contributed by atoms with E-state index in [1.54, 1.807) is 31.2 Å². The van der Waals surface area contributed by atoms with Crippen LogP contribution in [0.3, 0.4) is 0 Å². The lowest BCUT2D eigenvalue weighted by molar-refractivity contribution is -0.143. The third kappa shape index (κ3) is 5.95. The summed E-state index contributed by atoms with van der Waals surface area (Å²) < 4.78 is 12.1. The van der Waals surface area contributed by atoms with Crippen LogP contribution in [0, 0.1) is 12.3 Å². The minimum absolute atomic E-state index is 0.110. The van der Waals surface area contributed by atoms with E-state index in [-0.39, 0.29) is 29.8 Å². The summed E-state index contributed by atoms with van der Waals surface area (Å²) in [6.07, 6.45) is 0.652. The zero-order valence-electron chi connectivity index (χ0n) is 23.0. The molecule has 1 heterocycles. The number of ketones is 1. The van der Waals surface area contributed by atoms with Gasteiger partial charge in [-0.15, -0.1) is 0 Å². The number of fused-ring (bicyclic) bond motifs is 1. The predicted molar refractivity (Wildman–Crippen MR) is 148 cm³/mol. The minimum Gasteiger partial charge on any atom is -0.495 e. The molecular weight excluding hydrogens is 496 g/mol. The summed E-state index contributed by atoms with van der Waals surface area (Å²) in [6.45, 7) is 7.82. The van der Waals surface area contributed by atoms with Gasteiger partial charge in [-0.3, -0.25) is 23.7 Å². The number of methoxy groups -OCH3 is 1. The fraction of sp³-hybridized carbons (Fsp3) is 0.355. The highest BCUT2D eigenvalue weighted by Gasteiger charge is 2.36. The van der Waals surface area contributed by atoms with E-state index in [2.05, 4.69) is 5.32 Å². The van der Waals surface area contributed by atoms with Crippen LogP contribution >= 0.6 is 0 Å². The van der Waals surface area contributed by atoms with E-state index >= 15 is 0 Å². The van der Waals surface area contributed by atoms with Gasteiger partial charge in [-0.25, -0.2) is 0 Å². The first-order valence-electron chi connectivity index (χ1n) is 13.0. The number of Topliss-reactive ketones (excluding diaryl/α,β-unsaturated/α-hetero) is 1. The molecular formula is C31H34N2O6. The minimum atomic E-state index is -0.734. The highest BCUT2D eigenvalue weighted by atomic mass is 16.5. The number of esters is 1. The smallest absolute Gasteiger partial charge is 0.308 e. The zero-order valence-corrected chi connectivity index (χ0v) is 23.0. The molecule has 4 rings (SSSR count). The fourth-order valence-corrected chi connectivity index (χ4v) is 5.02. The number of amides is 1. The van der Waals surface area contributed by atoms with Gasteiger partial charge < -0.3 is 14.8 Å². The summed E-state index contributed by atoms with van der Waals surface area (Å²) in [6, 6.07) is 15.1. The number of benzene rings is 2. The Balaban J connectivity index is 1.84. The first-order chi connectivity index (χ1) is 18.5. The van der Waals surface area contributed by atoms with Crippen molar-refractivity contribution < 1.29 is 23.9 Å². The van der Waals surface area contributed by atoms with Crippen LogP contribution in [0.25, 0.3) is 5.69 Å². The molecule has 39 heavy (non-hydrogen) atoms. The molecule has 3 aromatic rings. The van der Waals surface area contributed by atoms with E-state index in [0.29, 0.717) is 41.1 Å². The van der Waals surface area contributed by atoms with E-state index in [0.717, 1.165) is 5.56 Å². The van der Waals surface area contributed by atoms with Gasteiger partial charge in [0.05, 0.1) is 31.9 Å². The first-order valence-corrected chi connectivity index (χ1v) is 13.0. The second kappa shape index (κ2) is 11.3. The molecule has 0 fully saturated rings. The van der Waals surface area contributed by atoms with Crippen molar-refractivity contribution >= 4 is 17.7 Å². The van der Waals surface area contributed by atoms with Crippen molar-refractivity contribution in [3.8, 4) is 11.4 Å². The molecule has 0 aliphatic heterocycles. The van der Waals surface area contributed by atoms with Crippen molar-refractivity contribution in [3.63, 3.8) is 0 Å². The Morgan fingerprint density at radius 1 is 1.05 bits per heavy atom. The Bertz CT molecular complexity index is 1470. The molecule has 0 saturated heterocycles. The Kier molecular flexibility index (Phi) is 8.04. The maximum Gasteiger partial charge on any atom is 0.308 e. The molecule has 1 atom stereocenters. The maximum atomic E-state index is 14.0. The van der Waals surface area contributed by atoms with Crippen LogP contribution in [0.2, 0.25) is 0 Å². The van der Waals surface area contributed by atoms with E-state index in [1.807, 2.05) is 45.0 Å². The number of aryl methyl sites for hydroxylation is 1. The van der Waals surface area contributed by atoms with Crippen LogP contribution in [0.1, 0.15) is 77.2 Å². The Labute approximate surface area is 228 Å². The number of rotatable bonds is 8. The van der Waals surface area contributed by atoms with Crippen molar-refractivity contribution in [3.05, 3.63) is 92.9 Å². The second-order valence-corrected chi connectivity index (χ2v) is 10.6. The van der Waals surface area contributed by atoms with Gasteiger partial charge in [0.1, 0.15) is 11.3 Å². The third-order valence-corrected chi connectivity index (χ3v) is 6.92. The highest BCUT2D eigenvalue weighted by Crippen LogP contribution is 2.36. The van der Waals surface area contributed by atoms with Gasteiger partial charge in [0.2, 0.25) is 0 Å². The molecule has 1 aliphatic rings. The molecule has 0 unspecified atom stereocenters. The molecule has 8 nitrogen and oxygen atoms in total. The molecule has 1 aromatic heterocycles. The fourth-order valence-electron chi connectivity index (χ4n) is 5.02. The number of ether oxygens (including phenoxy) is 2. The van der Waals surface area contributed by atoms with E-state index < -0.39 is 23.5 Å². The van der Waals surface area contributed by atoms with Crippen molar-refractivity contribution in [1.82, 2.24) is 9.88 Å². The van der Waals surface area contributed by atoms with Gasteiger partial charge in [-0.05, 0) is 49.4 Å². The van der Waals surface area contributed by atoms with Crippen LogP contribution < -0.4 is 15.6 Å². The lowest BCUT2D eigenvalue weighted by atomic mass is 9.75. The second-order valence-electron chi connectivity index (χ2n) is 10.6. The molecule has 0 spiro atoms. The Morgan fingerprint density at radius 3 is 2.41 bits per heavy atom. The molecule has 0 saturated carbocycles. The van der Waals surface area contributed by atoms with Gasteiger partial charge in [0, 0.05) is 17.7 Å². The lowest BCUT2D eigenvalue weighted by Crippen LogP contribution is -2.40. The van der Waals surface area contributed by atoms with Gasteiger partial charge in [0.25, 0.3) is 11.5 Å². The van der Waals surface area contributed by atoms with Crippen LogP contribution in [0.15, 0.2) is 59.4 Å². The number of hydrogen-bond acceptors (Lipinski definition) is 6. The Morgan fingerprint density at radius 2 is 1.74 bits per heavy atom. The number of aromatic nitrogens is 1. The average molecular weight is 531 g/mol. The number of para-hydroxylation sites is 2. The Hall–Kier alpha value is -4.20. The SMILES string of the molecule is CCOC(=O)C[C@H](NC(=O)c1cc2c(n(-c3ccccc3OC)c1=O)CC(C)(C)CC2=O)c1ccc(C)cc1. The van der Waals surface area contributed by atoms with E-state index in [9.17, 15) is 19.2 Å². The van der Waals surface area contributed by atoms with E-state index in [4.69, 9.17) is 9.47 Å². The molecule has 2 aromatic carbocycles. The zero-order chi connectivity index (χ0) is 28.3. The topological polar surface area (TPSA) is 104 Å². The summed E-state index contributed by atoms with van der Waals surface area (Å²) in [7, 11) is 1.50. The standard InChI is InChI=1S/C31H34N2O6/c1-6-39-28(35)16-23(20-13-11-19(2)12-14-20)32-29(36)22-15-21-25(17-31(3,4)18-26(21)34)33(30(22)37)24-9-7-8-10-27(24)38-5/h7-15,23H,6,16-18H2,1-5H3,(H,32,36)/t23-/m0/s1. The van der Waals surface area contributed by atoms with Crippen LogP contribution in [-0.2, 0) is 16.0 Å². The summed E-state index contributed by atoms with van der Waals surface area (Å²) in [4.78, 5) is 53.4. The third-order valence-electron chi connectivity index (χ3n) is 6.92. The lowest BCUT2D eigenvalue weighted by Gasteiger charge is -2.32. The van der Waals surface area contributed by atoms with Crippen LogP contribution in [-0.4, -0.2) is 35.9 Å². The number of nitrogens with one attached hydrogen (secondary N) is 1. The van der Waals surface area contributed by atoms with Crippen molar-refractivity contribution in [2.24, 2.45) is 5.41 Å². The molecule has 1 N–H and O–H groups in total. The molecule has 204 valence electrons. The largest absolute Gasteiger partial charge is 0.495 e. The predicted octanol–water partition coefficient (Wildman–Crippen LogP) is 4.73. The quantitative estimate of drug-likeness (QED) is 0.422. The summed E-state index contributed by atoms with van der Waals surface area (Å²) in [5.74, 6) is -0.854. The van der Waals surface area contributed by atoms with Gasteiger partial charge in [0.15, 0.2) is 5.78 Å². The van der Waals surface area contributed by atoms with Crippen molar-refractivity contribution in [1.29, 1.82) is 0 Å². The highest BCUT2D eigenvalue weighted by molar-refractivity contribution is 6.02. The maximum absolute atomic E-state index is 14.0. The van der Waals surface area contributed by atoms with Gasteiger partial charge >= 0.3 is 5.97 Å². The number of nitrogens with zero attached hydrogens (tertiary/aromatic N) is 1. The molecule has 0 radical (unpaired) electrons. The van der Waals surface area contributed by atoms with Crippen molar-refractivity contribution in [2.45, 2.75) is 53.0 Å². The van der Waals surface area contributed by atoms with Gasteiger partial charge in [-0.2, -0.15) is 0 Å².